The highest BCUT2D eigenvalue weighted by Crippen LogP contribution is 2.27. The van der Waals surface area contributed by atoms with Crippen molar-refractivity contribution in [1.82, 2.24) is 0 Å². The largest absolute Gasteiger partial charge is 0.488 e. The molecule has 0 saturated carbocycles. The third-order valence-electron chi connectivity index (χ3n) is 4.55. The van der Waals surface area contributed by atoms with Crippen molar-refractivity contribution >= 4 is 45.3 Å². The lowest BCUT2D eigenvalue weighted by Crippen LogP contribution is -2.14. The average molecular weight is 522 g/mol. The highest BCUT2D eigenvalue weighted by Gasteiger charge is 2.13. The van der Waals surface area contributed by atoms with Crippen LogP contribution in [0.5, 0.6) is 5.75 Å². The number of carboxylic acid groups (broad SMARTS) is 1. The minimum Gasteiger partial charge on any atom is -0.488 e. The molecule has 3 rings (SSSR count). The topological polar surface area (TPSA) is 143 Å². The number of carboxylic acids is 1. The fourth-order valence-electron chi connectivity index (χ4n) is 2.87. The Hall–Kier alpha value is -4.49. The number of hydrogen-bond acceptors (Lipinski definition) is 6. The molecule has 0 saturated heterocycles. The molecule has 0 unspecified atom stereocenters. The van der Waals surface area contributed by atoms with E-state index in [2.05, 4.69) is 21.2 Å². The molecule has 0 aromatic heterocycles. The summed E-state index contributed by atoms with van der Waals surface area (Å²) in [5.74, 6) is -1.47. The Balaban J connectivity index is 1.81. The van der Waals surface area contributed by atoms with Crippen molar-refractivity contribution < 1.29 is 24.4 Å². The van der Waals surface area contributed by atoms with E-state index in [1.165, 1.54) is 42.5 Å². The minimum absolute atomic E-state index is 0.00536. The lowest BCUT2D eigenvalue weighted by molar-refractivity contribution is -0.384. The number of ether oxygens (including phenoxy) is 1. The molecule has 2 N–H and O–H groups in total. The van der Waals surface area contributed by atoms with Crippen LogP contribution < -0.4 is 10.1 Å². The van der Waals surface area contributed by atoms with E-state index in [0.29, 0.717) is 21.3 Å². The predicted molar refractivity (Wildman–Crippen MR) is 127 cm³/mol. The maximum atomic E-state index is 12.6. The molecule has 0 aliphatic heterocycles. The molecular formula is C24H16BrN3O6. The summed E-state index contributed by atoms with van der Waals surface area (Å²) in [6, 6.07) is 18.5. The quantitative estimate of drug-likeness (QED) is 0.180. The van der Waals surface area contributed by atoms with E-state index in [-0.39, 0.29) is 29.1 Å². The molecule has 0 atom stereocenters. The van der Waals surface area contributed by atoms with Gasteiger partial charge in [-0.1, -0.05) is 22.0 Å². The van der Waals surface area contributed by atoms with Gasteiger partial charge in [0.2, 0.25) is 0 Å². The van der Waals surface area contributed by atoms with Gasteiger partial charge in [-0.3, -0.25) is 14.9 Å². The lowest BCUT2D eigenvalue weighted by atomic mass is 10.1. The zero-order valence-corrected chi connectivity index (χ0v) is 19.0. The second-order valence-corrected chi connectivity index (χ2v) is 7.82. The van der Waals surface area contributed by atoms with Gasteiger partial charge in [-0.05, 0) is 60.2 Å². The predicted octanol–water partition coefficient (Wildman–Crippen LogP) is 5.18. The summed E-state index contributed by atoms with van der Waals surface area (Å²) >= 11 is 3.35. The van der Waals surface area contributed by atoms with Crippen LogP contribution in [-0.4, -0.2) is 21.9 Å². The van der Waals surface area contributed by atoms with E-state index < -0.39 is 16.8 Å². The summed E-state index contributed by atoms with van der Waals surface area (Å²) in [7, 11) is 0. The molecule has 3 aromatic carbocycles. The molecule has 0 radical (unpaired) electrons. The number of nitrogens with zero attached hydrogens (tertiary/aromatic N) is 2. The molecular weight excluding hydrogens is 506 g/mol. The first kappa shape index (κ1) is 24.2. The Morgan fingerprint density at radius 2 is 1.88 bits per heavy atom. The van der Waals surface area contributed by atoms with Gasteiger partial charge in [0.15, 0.2) is 0 Å². The number of non-ortho nitro benzene ring substituents is 1. The van der Waals surface area contributed by atoms with Gasteiger partial charge in [-0.15, -0.1) is 0 Å². The molecule has 3 aromatic rings. The second kappa shape index (κ2) is 10.9. The van der Waals surface area contributed by atoms with Gasteiger partial charge in [0.1, 0.15) is 24.0 Å². The molecule has 170 valence electrons. The number of nitriles is 1. The van der Waals surface area contributed by atoms with Crippen molar-refractivity contribution in [2.24, 2.45) is 0 Å². The van der Waals surface area contributed by atoms with E-state index in [9.17, 15) is 25.0 Å². The first-order chi connectivity index (χ1) is 16.3. The van der Waals surface area contributed by atoms with Crippen molar-refractivity contribution in [1.29, 1.82) is 5.26 Å². The van der Waals surface area contributed by atoms with Crippen molar-refractivity contribution in [3.8, 4) is 11.8 Å². The van der Waals surface area contributed by atoms with Crippen LogP contribution >= 0.6 is 15.9 Å². The molecule has 0 aliphatic rings. The Kier molecular flexibility index (Phi) is 7.74. The monoisotopic (exact) mass is 521 g/mol. The maximum Gasteiger partial charge on any atom is 0.335 e. The number of anilines is 1. The fraction of sp³-hybridized carbons (Fsp3) is 0.0417. The van der Waals surface area contributed by atoms with Crippen molar-refractivity contribution in [2.45, 2.75) is 6.61 Å². The zero-order chi connectivity index (χ0) is 24.7. The molecule has 0 fully saturated rings. The first-order valence-electron chi connectivity index (χ1n) is 9.69. The highest BCUT2D eigenvalue weighted by molar-refractivity contribution is 9.10. The Labute approximate surface area is 202 Å². The SMILES string of the molecule is N#C/C(=C/c1cc(Br)ccc1OCc1ccc([N+](=O)[O-])cc1)C(=O)Nc1cccc(C(=O)O)c1. The number of nitrogens with one attached hydrogen (secondary N) is 1. The number of rotatable bonds is 8. The van der Waals surface area contributed by atoms with Gasteiger partial charge in [0.05, 0.1) is 10.5 Å². The van der Waals surface area contributed by atoms with Crippen molar-refractivity contribution in [3.05, 3.63) is 104 Å². The molecule has 0 aliphatic carbocycles. The van der Waals surface area contributed by atoms with Crippen LogP contribution in [0.25, 0.3) is 6.08 Å². The number of nitro groups is 1. The number of nitro benzene ring substituents is 1. The summed E-state index contributed by atoms with van der Waals surface area (Å²) in [5.41, 5.74) is 1.11. The minimum atomic E-state index is -1.14. The number of amides is 1. The molecule has 0 spiro atoms. The van der Waals surface area contributed by atoms with E-state index in [0.717, 1.165) is 0 Å². The van der Waals surface area contributed by atoms with Gasteiger partial charge in [-0.25, -0.2) is 4.79 Å². The van der Waals surface area contributed by atoms with Crippen LogP contribution in [0.3, 0.4) is 0 Å². The molecule has 10 heteroatoms. The van der Waals surface area contributed by atoms with Gasteiger partial charge >= 0.3 is 5.97 Å². The van der Waals surface area contributed by atoms with Gasteiger partial charge in [0, 0.05) is 27.9 Å². The number of aromatic carboxylic acids is 1. The van der Waals surface area contributed by atoms with E-state index in [4.69, 9.17) is 9.84 Å². The summed E-state index contributed by atoms with van der Waals surface area (Å²) in [5, 5.41) is 31.9. The zero-order valence-electron chi connectivity index (χ0n) is 17.4. The number of hydrogen-bond donors (Lipinski definition) is 2. The highest BCUT2D eigenvalue weighted by atomic mass is 79.9. The first-order valence-corrected chi connectivity index (χ1v) is 10.5. The fourth-order valence-corrected chi connectivity index (χ4v) is 3.25. The Morgan fingerprint density at radius 1 is 1.15 bits per heavy atom. The number of carbonyl (C=O) groups excluding carboxylic acids is 1. The molecule has 9 nitrogen and oxygen atoms in total. The molecule has 0 heterocycles. The smallest absolute Gasteiger partial charge is 0.335 e. The van der Waals surface area contributed by atoms with Crippen LogP contribution in [0.1, 0.15) is 21.5 Å². The van der Waals surface area contributed by atoms with Crippen LogP contribution in [-0.2, 0) is 11.4 Å². The van der Waals surface area contributed by atoms with Crippen LogP contribution in [0.15, 0.2) is 76.8 Å². The second-order valence-electron chi connectivity index (χ2n) is 6.90. The summed E-state index contributed by atoms with van der Waals surface area (Å²) < 4.78 is 6.51. The number of carbonyl (C=O) groups is 2. The van der Waals surface area contributed by atoms with Gasteiger partial charge in [0.25, 0.3) is 11.6 Å². The summed E-state index contributed by atoms with van der Waals surface area (Å²) in [4.78, 5) is 34.1. The third-order valence-corrected chi connectivity index (χ3v) is 5.04. The van der Waals surface area contributed by atoms with Crippen LogP contribution in [0.2, 0.25) is 0 Å². The summed E-state index contributed by atoms with van der Waals surface area (Å²) in [6.45, 7) is 0.108. The summed E-state index contributed by atoms with van der Waals surface area (Å²) in [6.07, 6.45) is 1.35. The van der Waals surface area contributed by atoms with E-state index >= 15 is 0 Å². The van der Waals surface area contributed by atoms with Crippen LogP contribution in [0, 0.1) is 21.4 Å². The third kappa shape index (κ3) is 6.27. The number of halogens is 1. The Bertz CT molecular complexity index is 1330. The lowest BCUT2D eigenvalue weighted by Gasteiger charge is -2.11. The molecule has 0 bridgehead atoms. The normalized spacial score (nSPS) is 10.8. The van der Waals surface area contributed by atoms with Gasteiger partial charge < -0.3 is 15.2 Å². The molecule has 1 amide bonds. The van der Waals surface area contributed by atoms with Crippen molar-refractivity contribution in [3.63, 3.8) is 0 Å². The van der Waals surface area contributed by atoms with E-state index in [1.807, 2.05) is 6.07 Å². The van der Waals surface area contributed by atoms with Gasteiger partial charge in [-0.2, -0.15) is 5.26 Å². The average Bonchev–Trinajstić information content (AvgIpc) is 2.82. The maximum absolute atomic E-state index is 12.6. The standard InChI is InChI=1S/C24H16BrN3O6/c25-19-6-9-22(34-14-15-4-7-21(8-5-15)28(32)33)17(11-19)10-18(13-26)23(29)27-20-3-1-2-16(12-20)24(30)31/h1-12H,14H2,(H,27,29)(H,30,31)/b18-10-. The Morgan fingerprint density at radius 3 is 2.53 bits per heavy atom. The van der Waals surface area contributed by atoms with Crippen molar-refractivity contribution in [2.75, 3.05) is 5.32 Å². The molecule has 34 heavy (non-hydrogen) atoms. The van der Waals surface area contributed by atoms with E-state index in [1.54, 1.807) is 30.3 Å². The van der Waals surface area contributed by atoms with Crippen LogP contribution in [0.4, 0.5) is 11.4 Å². The number of benzene rings is 3.